The lowest BCUT2D eigenvalue weighted by atomic mass is 10.1. The standard InChI is InChI=1S/C22H19ClN4O3S2/c23-18-2-4-20-15(9-18)5-7-26(20)8-6-22(28)27-11-16-1-3-19(10-17(16)12-27)32(29,30)13-21-24-14-25-31-21/h1-5,7,9-10,14H,6,8,11-13H2. The van der Waals surface area contributed by atoms with Crippen LogP contribution in [0.3, 0.4) is 0 Å². The van der Waals surface area contributed by atoms with E-state index in [0.29, 0.717) is 36.1 Å². The molecule has 164 valence electrons. The summed E-state index contributed by atoms with van der Waals surface area (Å²) in [4.78, 5) is 18.8. The van der Waals surface area contributed by atoms with Crippen LogP contribution in [0.15, 0.2) is 59.9 Å². The molecule has 0 saturated carbocycles. The predicted molar refractivity (Wildman–Crippen MR) is 123 cm³/mol. The molecule has 0 radical (unpaired) electrons. The maximum absolute atomic E-state index is 12.9. The molecular weight excluding hydrogens is 468 g/mol. The Morgan fingerprint density at radius 3 is 2.75 bits per heavy atom. The molecule has 3 heterocycles. The summed E-state index contributed by atoms with van der Waals surface area (Å²) in [5.74, 6) is -0.134. The molecule has 0 unspecified atom stereocenters. The molecule has 10 heteroatoms. The van der Waals surface area contributed by atoms with Gasteiger partial charge in [0, 0.05) is 48.2 Å². The summed E-state index contributed by atoms with van der Waals surface area (Å²) in [6.07, 6.45) is 3.68. The third-order valence-electron chi connectivity index (χ3n) is 5.63. The molecule has 0 saturated heterocycles. The van der Waals surface area contributed by atoms with Crippen molar-refractivity contribution in [2.75, 3.05) is 0 Å². The Bertz CT molecular complexity index is 1410. The van der Waals surface area contributed by atoms with Crippen molar-refractivity contribution in [1.82, 2.24) is 18.8 Å². The van der Waals surface area contributed by atoms with Crippen LogP contribution in [-0.2, 0) is 40.0 Å². The summed E-state index contributed by atoms with van der Waals surface area (Å²) in [6.45, 7) is 1.48. The van der Waals surface area contributed by atoms with Crippen LogP contribution < -0.4 is 0 Å². The van der Waals surface area contributed by atoms with Gasteiger partial charge in [0.2, 0.25) is 5.91 Å². The number of rotatable bonds is 6. The van der Waals surface area contributed by atoms with Crippen molar-refractivity contribution in [3.8, 4) is 0 Å². The van der Waals surface area contributed by atoms with Crippen LogP contribution in [0.1, 0.15) is 22.6 Å². The number of fused-ring (bicyclic) bond motifs is 2. The maximum atomic E-state index is 12.9. The Morgan fingerprint density at radius 1 is 1.09 bits per heavy atom. The highest BCUT2D eigenvalue weighted by molar-refractivity contribution is 7.90. The Balaban J connectivity index is 1.26. The van der Waals surface area contributed by atoms with Gasteiger partial charge in [0.25, 0.3) is 0 Å². The number of sulfone groups is 1. The van der Waals surface area contributed by atoms with Gasteiger partial charge in [-0.2, -0.15) is 4.37 Å². The number of carbonyl (C=O) groups is 1. The van der Waals surface area contributed by atoms with E-state index >= 15 is 0 Å². The molecule has 2 aromatic carbocycles. The molecule has 0 N–H and O–H groups in total. The summed E-state index contributed by atoms with van der Waals surface area (Å²) < 4.78 is 31.4. The molecule has 7 nitrogen and oxygen atoms in total. The molecule has 1 aliphatic heterocycles. The van der Waals surface area contributed by atoms with E-state index < -0.39 is 9.84 Å². The van der Waals surface area contributed by atoms with Gasteiger partial charge < -0.3 is 9.47 Å². The van der Waals surface area contributed by atoms with Crippen molar-refractivity contribution >= 4 is 49.8 Å². The first-order valence-corrected chi connectivity index (χ1v) is 12.8. The van der Waals surface area contributed by atoms with Gasteiger partial charge in [0.1, 0.15) is 17.1 Å². The lowest BCUT2D eigenvalue weighted by Gasteiger charge is -2.16. The second-order valence-electron chi connectivity index (χ2n) is 7.74. The normalized spacial score (nSPS) is 13.6. The fourth-order valence-corrected chi connectivity index (χ4v) is 6.32. The minimum Gasteiger partial charge on any atom is -0.347 e. The first-order valence-electron chi connectivity index (χ1n) is 10.0. The number of aromatic nitrogens is 3. The van der Waals surface area contributed by atoms with Crippen molar-refractivity contribution in [3.63, 3.8) is 0 Å². The van der Waals surface area contributed by atoms with E-state index in [1.165, 1.54) is 6.33 Å². The zero-order valence-electron chi connectivity index (χ0n) is 16.9. The van der Waals surface area contributed by atoms with Crippen LogP contribution in [0, 0.1) is 0 Å². The van der Waals surface area contributed by atoms with Crippen LogP contribution in [0.2, 0.25) is 5.02 Å². The first-order chi connectivity index (χ1) is 15.4. The highest BCUT2D eigenvalue weighted by atomic mass is 35.5. The van der Waals surface area contributed by atoms with Gasteiger partial charge in [-0.1, -0.05) is 17.7 Å². The SMILES string of the molecule is O=C(CCn1ccc2cc(Cl)ccc21)N1Cc2ccc(S(=O)(=O)Cc3ncns3)cc2C1. The summed E-state index contributed by atoms with van der Waals surface area (Å²) in [5, 5.41) is 2.19. The van der Waals surface area contributed by atoms with Crippen molar-refractivity contribution < 1.29 is 13.2 Å². The molecule has 1 aliphatic rings. The summed E-state index contributed by atoms with van der Waals surface area (Å²) in [7, 11) is -3.51. The summed E-state index contributed by atoms with van der Waals surface area (Å²) in [6, 6.07) is 12.8. The van der Waals surface area contributed by atoms with Crippen molar-refractivity contribution in [2.24, 2.45) is 0 Å². The summed E-state index contributed by atoms with van der Waals surface area (Å²) in [5.41, 5.74) is 2.89. The third-order valence-corrected chi connectivity index (χ3v) is 8.34. The third kappa shape index (κ3) is 4.15. The molecule has 0 fully saturated rings. The number of hydrogen-bond donors (Lipinski definition) is 0. The van der Waals surface area contributed by atoms with Crippen molar-refractivity contribution in [2.45, 2.75) is 36.7 Å². The fraction of sp³-hybridized carbons (Fsp3) is 0.227. The van der Waals surface area contributed by atoms with Crippen molar-refractivity contribution in [1.29, 1.82) is 0 Å². The van der Waals surface area contributed by atoms with Crippen LogP contribution in [0.4, 0.5) is 0 Å². The predicted octanol–water partition coefficient (Wildman–Crippen LogP) is 4.05. The monoisotopic (exact) mass is 486 g/mol. The molecule has 0 atom stereocenters. The number of amides is 1. The van der Waals surface area contributed by atoms with Crippen LogP contribution >= 0.6 is 23.1 Å². The average molecular weight is 487 g/mol. The quantitative estimate of drug-likeness (QED) is 0.410. The zero-order chi connectivity index (χ0) is 22.3. The molecule has 4 aromatic rings. The Kier molecular flexibility index (Phi) is 5.48. The zero-order valence-corrected chi connectivity index (χ0v) is 19.3. The van der Waals surface area contributed by atoms with E-state index in [1.807, 2.05) is 35.0 Å². The number of benzene rings is 2. The number of nitrogens with zero attached hydrogens (tertiary/aromatic N) is 4. The number of aryl methyl sites for hydroxylation is 1. The molecular formula is C22H19ClN4O3S2. The largest absolute Gasteiger partial charge is 0.347 e. The Labute approximate surface area is 194 Å². The first kappa shape index (κ1) is 21.1. The van der Waals surface area contributed by atoms with E-state index in [4.69, 9.17) is 11.6 Å². The Hall–Kier alpha value is -2.75. The smallest absolute Gasteiger partial charge is 0.224 e. The molecule has 32 heavy (non-hydrogen) atoms. The van der Waals surface area contributed by atoms with E-state index in [2.05, 4.69) is 9.36 Å². The van der Waals surface area contributed by atoms with Gasteiger partial charge in [0.15, 0.2) is 9.84 Å². The number of carbonyl (C=O) groups excluding carboxylic acids is 1. The van der Waals surface area contributed by atoms with Crippen LogP contribution in [0.25, 0.3) is 10.9 Å². The highest BCUT2D eigenvalue weighted by Gasteiger charge is 2.26. The van der Waals surface area contributed by atoms with Gasteiger partial charge in [-0.05, 0) is 59.1 Å². The maximum Gasteiger partial charge on any atom is 0.224 e. The van der Waals surface area contributed by atoms with Gasteiger partial charge in [-0.25, -0.2) is 13.4 Å². The minimum atomic E-state index is -3.51. The topological polar surface area (TPSA) is 85.2 Å². The fourth-order valence-electron chi connectivity index (χ4n) is 3.99. The van der Waals surface area contributed by atoms with Gasteiger partial charge in [-0.15, -0.1) is 0 Å². The average Bonchev–Trinajstić information content (AvgIpc) is 3.50. The second-order valence-corrected chi connectivity index (χ2v) is 11.0. The number of halogens is 1. The number of hydrogen-bond acceptors (Lipinski definition) is 6. The van der Waals surface area contributed by atoms with E-state index in [9.17, 15) is 13.2 Å². The van der Waals surface area contributed by atoms with E-state index in [1.54, 1.807) is 23.1 Å². The van der Waals surface area contributed by atoms with Gasteiger partial charge in [-0.3, -0.25) is 4.79 Å². The molecule has 5 rings (SSSR count). The lowest BCUT2D eigenvalue weighted by Crippen LogP contribution is -2.26. The highest BCUT2D eigenvalue weighted by Crippen LogP contribution is 2.28. The Morgan fingerprint density at radius 2 is 1.94 bits per heavy atom. The second kappa shape index (κ2) is 8.31. The molecule has 0 bridgehead atoms. The van der Waals surface area contributed by atoms with Crippen LogP contribution in [-0.4, -0.2) is 33.1 Å². The molecule has 0 spiro atoms. The lowest BCUT2D eigenvalue weighted by molar-refractivity contribution is -0.132. The molecule has 1 amide bonds. The molecule has 2 aromatic heterocycles. The van der Waals surface area contributed by atoms with Crippen LogP contribution in [0.5, 0.6) is 0 Å². The van der Waals surface area contributed by atoms with E-state index in [0.717, 1.165) is 33.6 Å². The van der Waals surface area contributed by atoms with Gasteiger partial charge >= 0.3 is 0 Å². The minimum absolute atomic E-state index is 0.0373. The van der Waals surface area contributed by atoms with Crippen molar-refractivity contribution in [3.05, 3.63) is 76.1 Å². The molecule has 0 aliphatic carbocycles. The summed E-state index contributed by atoms with van der Waals surface area (Å²) >= 11 is 7.13. The van der Waals surface area contributed by atoms with E-state index in [-0.39, 0.29) is 16.6 Å². The van der Waals surface area contributed by atoms with Gasteiger partial charge in [0.05, 0.1) is 4.90 Å².